The molecule has 3 heteroatoms. The van der Waals surface area contributed by atoms with Gasteiger partial charge in [0.25, 0.3) is 0 Å². The quantitative estimate of drug-likeness (QED) is 0.327. The lowest BCUT2D eigenvalue weighted by Gasteiger charge is -2.15. The van der Waals surface area contributed by atoms with Crippen LogP contribution in [0.3, 0.4) is 0 Å². The van der Waals surface area contributed by atoms with Crippen molar-refractivity contribution in [3.8, 4) is 5.82 Å². The van der Waals surface area contributed by atoms with E-state index in [2.05, 4.69) is 95.9 Å². The highest BCUT2D eigenvalue weighted by Crippen LogP contribution is 2.34. The van der Waals surface area contributed by atoms with Crippen LogP contribution in [0, 0.1) is 5.92 Å². The van der Waals surface area contributed by atoms with Crippen molar-refractivity contribution >= 4 is 37.7 Å². The molecule has 0 fully saturated rings. The molecule has 138 valence electrons. The molecule has 0 aliphatic carbocycles. The highest BCUT2D eigenvalue weighted by molar-refractivity contribution is 9.10. The van der Waals surface area contributed by atoms with Crippen LogP contribution < -0.4 is 0 Å². The number of pyridine rings is 1. The van der Waals surface area contributed by atoms with E-state index in [0.717, 1.165) is 16.2 Å². The molecule has 2 aromatic heterocycles. The number of para-hydroxylation sites is 1. The Kier molecular flexibility index (Phi) is 5.05. The van der Waals surface area contributed by atoms with Crippen molar-refractivity contribution in [3.63, 3.8) is 0 Å². The molecule has 0 saturated carbocycles. The predicted octanol–water partition coefficient (Wildman–Crippen LogP) is 7.48. The molecule has 2 aromatic carbocycles. The maximum absolute atomic E-state index is 4.74. The molecule has 0 saturated heterocycles. The lowest BCUT2D eigenvalue weighted by atomic mass is 9.93. The van der Waals surface area contributed by atoms with E-state index in [4.69, 9.17) is 4.98 Å². The van der Waals surface area contributed by atoms with Gasteiger partial charge in [0.2, 0.25) is 0 Å². The maximum Gasteiger partial charge on any atom is 0.137 e. The van der Waals surface area contributed by atoms with Crippen molar-refractivity contribution < 1.29 is 0 Å². The third kappa shape index (κ3) is 3.53. The van der Waals surface area contributed by atoms with Gasteiger partial charge < -0.3 is 0 Å². The fraction of sp³-hybridized carbons (Fsp3) is 0.292. The zero-order valence-electron chi connectivity index (χ0n) is 16.1. The molecule has 0 amide bonds. The molecule has 2 nitrogen and oxygen atoms in total. The number of fused-ring (bicyclic) bond motifs is 3. The van der Waals surface area contributed by atoms with E-state index in [-0.39, 0.29) is 0 Å². The second-order valence-electron chi connectivity index (χ2n) is 7.83. The Balaban J connectivity index is 1.87. The zero-order valence-corrected chi connectivity index (χ0v) is 17.7. The normalized spacial score (nSPS) is 12.9. The maximum atomic E-state index is 4.74. The van der Waals surface area contributed by atoms with Crippen LogP contribution in [0.5, 0.6) is 0 Å². The molecule has 0 aliphatic heterocycles. The lowest BCUT2D eigenvalue weighted by molar-refractivity contribution is 0.516. The third-order valence-corrected chi connectivity index (χ3v) is 5.87. The summed E-state index contributed by atoms with van der Waals surface area (Å²) in [5.41, 5.74) is 3.75. The summed E-state index contributed by atoms with van der Waals surface area (Å²) >= 11 is 3.63. The van der Waals surface area contributed by atoms with Gasteiger partial charge in [-0.25, -0.2) is 4.98 Å². The van der Waals surface area contributed by atoms with Crippen molar-refractivity contribution in [2.45, 2.75) is 39.5 Å². The summed E-state index contributed by atoms with van der Waals surface area (Å²) in [5.74, 6) is 2.27. The molecule has 0 spiro atoms. The Morgan fingerprint density at radius 3 is 2.48 bits per heavy atom. The molecular formula is C24H25BrN2. The molecule has 4 aromatic rings. The van der Waals surface area contributed by atoms with Crippen LogP contribution in [0.4, 0.5) is 0 Å². The van der Waals surface area contributed by atoms with Crippen LogP contribution in [-0.2, 0) is 0 Å². The first-order valence-electron chi connectivity index (χ1n) is 9.69. The lowest BCUT2D eigenvalue weighted by Crippen LogP contribution is -2.02. The van der Waals surface area contributed by atoms with Crippen molar-refractivity contribution in [1.82, 2.24) is 9.55 Å². The van der Waals surface area contributed by atoms with E-state index < -0.39 is 0 Å². The average molecular weight is 421 g/mol. The Labute approximate surface area is 169 Å². The molecule has 1 atom stereocenters. The van der Waals surface area contributed by atoms with Gasteiger partial charge in [-0.3, -0.25) is 4.57 Å². The topological polar surface area (TPSA) is 17.8 Å². The Morgan fingerprint density at radius 1 is 0.889 bits per heavy atom. The van der Waals surface area contributed by atoms with Crippen molar-refractivity contribution in [2.75, 3.05) is 0 Å². The van der Waals surface area contributed by atoms with Gasteiger partial charge in [-0.2, -0.15) is 0 Å². The fourth-order valence-corrected chi connectivity index (χ4v) is 4.15. The predicted molar refractivity (Wildman–Crippen MR) is 119 cm³/mol. The number of nitrogens with zero attached hydrogens (tertiary/aromatic N) is 2. The van der Waals surface area contributed by atoms with Gasteiger partial charge in [-0.15, -0.1) is 0 Å². The van der Waals surface area contributed by atoms with Gasteiger partial charge in [0, 0.05) is 21.4 Å². The Bertz CT molecular complexity index is 1090. The van der Waals surface area contributed by atoms with E-state index >= 15 is 0 Å². The fourth-order valence-electron chi connectivity index (χ4n) is 3.80. The van der Waals surface area contributed by atoms with Crippen LogP contribution in [0.15, 0.2) is 65.3 Å². The standard InChI is InChI=1S/C24H25BrN2/c1-16(2)8-9-17(3)18-12-13-26-24(14-18)27-22-7-5-4-6-20(22)21-11-10-19(25)15-23(21)27/h4-7,10-17H,8-9H2,1-3H3. The third-order valence-electron chi connectivity index (χ3n) is 5.38. The van der Waals surface area contributed by atoms with Gasteiger partial charge in [0.15, 0.2) is 0 Å². The zero-order chi connectivity index (χ0) is 19.0. The second kappa shape index (κ2) is 7.47. The van der Waals surface area contributed by atoms with Crippen molar-refractivity contribution in [3.05, 3.63) is 70.8 Å². The number of rotatable bonds is 5. The average Bonchev–Trinajstić information content (AvgIpc) is 2.99. The molecule has 1 unspecified atom stereocenters. The van der Waals surface area contributed by atoms with Crippen LogP contribution in [0.2, 0.25) is 0 Å². The largest absolute Gasteiger partial charge is 0.294 e. The highest BCUT2D eigenvalue weighted by atomic mass is 79.9. The molecule has 27 heavy (non-hydrogen) atoms. The van der Waals surface area contributed by atoms with Gasteiger partial charge in [0.1, 0.15) is 5.82 Å². The molecule has 4 rings (SSSR count). The Hall–Kier alpha value is -2.13. The van der Waals surface area contributed by atoms with E-state index in [9.17, 15) is 0 Å². The molecule has 0 N–H and O–H groups in total. The summed E-state index contributed by atoms with van der Waals surface area (Å²) in [5, 5.41) is 2.52. The van der Waals surface area contributed by atoms with Crippen molar-refractivity contribution in [1.29, 1.82) is 0 Å². The van der Waals surface area contributed by atoms with Gasteiger partial charge in [-0.1, -0.05) is 67.4 Å². The molecule has 2 heterocycles. The smallest absolute Gasteiger partial charge is 0.137 e. The first-order valence-corrected chi connectivity index (χ1v) is 10.5. The number of hydrogen-bond donors (Lipinski definition) is 0. The molecule has 0 aliphatic rings. The second-order valence-corrected chi connectivity index (χ2v) is 8.75. The van der Waals surface area contributed by atoms with E-state index in [0.29, 0.717) is 5.92 Å². The van der Waals surface area contributed by atoms with Gasteiger partial charge in [0.05, 0.1) is 11.0 Å². The number of benzene rings is 2. The van der Waals surface area contributed by atoms with Gasteiger partial charge >= 0.3 is 0 Å². The SMILES string of the molecule is CC(C)CCC(C)c1ccnc(-n2c3ccccc3c3ccc(Br)cc32)c1. The van der Waals surface area contributed by atoms with Gasteiger partial charge in [-0.05, 0) is 54.2 Å². The monoisotopic (exact) mass is 420 g/mol. The summed E-state index contributed by atoms with van der Waals surface area (Å²) in [6, 6.07) is 19.5. The summed E-state index contributed by atoms with van der Waals surface area (Å²) < 4.78 is 3.37. The minimum absolute atomic E-state index is 0.536. The highest BCUT2D eigenvalue weighted by Gasteiger charge is 2.14. The number of aromatic nitrogens is 2. The summed E-state index contributed by atoms with van der Waals surface area (Å²) in [4.78, 5) is 4.74. The van der Waals surface area contributed by atoms with Crippen molar-refractivity contribution in [2.24, 2.45) is 5.92 Å². The first kappa shape index (κ1) is 18.2. The Morgan fingerprint density at radius 2 is 1.67 bits per heavy atom. The van der Waals surface area contributed by atoms with Crippen LogP contribution >= 0.6 is 15.9 Å². The first-order chi connectivity index (χ1) is 13.0. The van der Waals surface area contributed by atoms with E-state index in [1.807, 2.05) is 6.20 Å². The van der Waals surface area contributed by atoms with E-state index in [1.165, 1.54) is 40.2 Å². The molecular weight excluding hydrogens is 396 g/mol. The molecule has 0 radical (unpaired) electrons. The number of hydrogen-bond acceptors (Lipinski definition) is 1. The minimum Gasteiger partial charge on any atom is -0.294 e. The van der Waals surface area contributed by atoms with Crippen LogP contribution in [-0.4, -0.2) is 9.55 Å². The number of halogens is 1. The minimum atomic E-state index is 0.536. The summed E-state index contributed by atoms with van der Waals surface area (Å²) in [6.07, 6.45) is 4.41. The van der Waals surface area contributed by atoms with Crippen LogP contribution in [0.1, 0.15) is 45.1 Å². The summed E-state index contributed by atoms with van der Waals surface area (Å²) in [7, 11) is 0. The van der Waals surface area contributed by atoms with E-state index in [1.54, 1.807) is 0 Å². The summed E-state index contributed by atoms with van der Waals surface area (Å²) in [6.45, 7) is 6.91. The molecule has 0 bridgehead atoms. The van der Waals surface area contributed by atoms with Crippen LogP contribution in [0.25, 0.3) is 27.6 Å².